The number of rotatable bonds is 6. The van der Waals surface area contributed by atoms with E-state index in [4.69, 9.17) is 0 Å². The number of nitrogens with zero attached hydrogens (tertiary/aromatic N) is 1. The van der Waals surface area contributed by atoms with Crippen LogP contribution in [-0.4, -0.2) is 35.1 Å². The Hall–Kier alpha value is -2.93. The normalized spacial score (nSPS) is 11.7. The van der Waals surface area contributed by atoms with Gasteiger partial charge in [-0.05, 0) is 36.2 Å². The molecule has 0 bridgehead atoms. The van der Waals surface area contributed by atoms with Gasteiger partial charge >= 0.3 is 0 Å². The molecule has 1 heterocycles. The van der Waals surface area contributed by atoms with Crippen LogP contribution in [0.1, 0.15) is 21.6 Å². The Balaban J connectivity index is 1.77. The Morgan fingerprint density at radius 2 is 1.93 bits per heavy atom. The number of H-pyrrole nitrogens is 1. The molecule has 0 saturated carbocycles. The van der Waals surface area contributed by atoms with Crippen LogP contribution in [0.5, 0.6) is 0 Å². The molecule has 0 radical (unpaired) electrons. The Kier molecular flexibility index (Phi) is 6.26. The van der Waals surface area contributed by atoms with Gasteiger partial charge in [-0.25, -0.2) is 0 Å². The average Bonchev–Trinajstić information content (AvgIpc) is 3.17. The predicted molar refractivity (Wildman–Crippen MR) is 112 cm³/mol. The lowest BCUT2D eigenvalue weighted by molar-refractivity contribution is -0.122. The molecule has 7 heteroatoms. The van der Waals surface area contributed by atoms with Crippen molar-refractivity contribution in [1.82, 2.24) is 20.8 Å². The molecule has 1 aromatic heterocycles. The maximum absolute atomic E-state index is 12.7. The van der Waals surface area contributed by atoms with Gasteiger partial charge in [-0.2, -0.15) is 5.10 Å². The number of carbonyl (C=O) groups is 2. The fourth-order valence-electron chi connectivity index (χ4n) is 2.96. The van der Waals surface area contributed by atoms with Crippen LogP contribution in [-0.2, 0) is 11.2 Å². The first-order valence-corrected chi connectivity index (χ1v) is 9.65. The highest BCUT2D eigenvalue weighted by molar-refractivity contribution is 9.10. The summed E-state index contributed by atoms with van der Waals surface area (Å²) < 4.78 is 0.920. The standard InChI is InChI=1S/C21H21BrN4O2/c1-13-6-3-4-9-16(13)17-12-19(26-25-17)21(28)24-18(20(27)23-2)11-14-7-5-8-15(22)10-14/h3-10,12,18H,11H2,1-2H3,(H,23,27)(H,24,28)(H,25,26)/t18-/m0/s1. The number of carbonyl (C=O) groups excluding carboxylic acids is 2. The summed E-state index contributed by atoms with van der Waals surface area (Å²) in [4.78, 5) is 25.0. The van der Waals surface area contributed by atoms with E-state index in [1.54, 1.807) is 13.1 Å². The van der Waals surface area contributed by atoms with Gasteiger partial charge in [0.05, 0.1) is 5.69 Å². The van der Waals surface area contributed by atoms with Gasteiger partial charge < -0.3 is 10.6 Å². The minimum atomic E-state index is -0.697. The van der Waals surface area contributed by atoms with E-state index in [1.807, 2.05) is 55.5 Å². The molecule has 3 rings (SSSR count). The summed E-state index contributed by atoms with van der Waals surface area (Å²) in [6.45, 7) is 1.99. The fourth-order valence-corrected chi connectivity index (χ4v) is 3.40. The molecular formula is C21H21BrN4O2. The monoisotopic (exact) mass is 440 g/mol. The van der Waals surface area contributed by atoms with Gasteiger partial charge in [0, 0.05) is 23.5 Å². The second-order valence-corrected chi connectivity index (χ2v) is 7.37. The Labute approximate surface area is 171 Å². The van der Waals surface area contributed by atoms with Gasteiger partial charge in [0.2, 0.25) is 5.91 Å². The highest BCUT2D eigenvalue weighted by atomic mass is 79.9. The second-order valence-electron chi connectivity index (χ2n) is 6.46. The first kappa shape index (κ1) is 19.8. The van der Waals surface area contributed by atoms with E-state index in [2.05, 4.69) is 36.8 Å². The van der Waals surface area contributed by atoms with Crippen molar-refractivity contribution in [3.05, 3.63) is 75.9 Å². The number of hydrogen-bond acceptors (Lipinski definition) is 3. The number of benzene rings is 2. The molecule has 0 fully saturated rings. The van der Waals surface area contributed by atoms with Crippen molar-refractivity contribution in [3.8, 4) is 11.3 Å². The summed E-state index contributed by atoms with van der Waals surface area (Å²) in [7, 11) is 1.55. The van der Waals surface area contributed by atoms with Crippen LogP contribution < -0.4 is 10.6 Å². The Morgan fingerprint density at radius 3 is 2.64 bits per heavy atom. The lowest BCUT2D eigenvalue weighted by Gasteiger charge is -2.17. The number of halogens is 1. The molecule has 0 saturated heterocycles. The molecule has 1 atom stereocenters. The van der Waals surface area contributed by atoms with E-state index in [0.29, 0.717) is 17.8 Å². The number of aryl methyl sites for hydroxylation is 1. The van der Waals surface area contributed by atoms with E-state index in [0.717, 1.165) is 21.2 Å². The molecule has 3 aromatic rings. The summed E-state index contributed by atoms with van der Waals surface area (Å²) in [5.41, 5.74) is 3.95. The zero-order valence-corrected chi connectivity index (χ0v) is 17.2. The van der Waals surface area contributed by atoms with E-state index < -0.39 is 6.04 Å². The van der Waals surface area contributed by atoms with Crippen molar-refractivity contribution in [2.45, 2.75) is 19.4 Å². The minimum Gasteiger partial charge on any atom is -0.357 e. The molecule has 0 unspecified atom stereocenters. The summed E-state index contributed by atoms with van der Waals surface area (Å²) in [5, 5.41) is 12.4. The average molecular weight is 441 g/mol. The maximum Gasteiger partial charge on any atom is 0.269 e. The van der Waals surface area contributed by atoms with Crippen molar-refractivity contribution in [2.24, 2.45) is 0 Å². The first-order valence-electron chi connectivity index (χ1n) is 8.86. The number of nitrogens with one attached hydrogen (secondary N) is 3. The van der Waals surface area contributed by atoms with Gasteiger partial charge in [-0.1, -0.05) is 52.3 Å². The van der Waals surface area contributed by atoms with Gasteiger partial charge in [-0.15, -0.1) is 0 Å². The van der Waals surface area contributed by atoms with Crippen molar-refractivity contribution >= 4 is 27.7 Å². The fraction of sp³-hybridized carbons (Fsp3) is 0.190. The van der Waals surface area contributed by atoms with Gasteiger partial charge in [0.25, 0.3) is 5.91 Å². The maximum atomic E-state index is 12.7. The third kappa shape index (κ3) is 4.67. The van der Waals surface area contributed by atoms with E-state index in [-0.39, 0.29) is 11.8 Å². The summed E-state index contributed by atoms with van der Waals surface area (Å²) in [5.74, 6) is -0.636. The highest BCUT2D eigenvalue weighted by Gasteiger charge is 2.22. The number of amides is 2. The molecule has 6 nitrogen and oxygen atoms in total. The quantitative estimate of drug-likeness (QED) is 0.549. The molecular weight excluding hydrogens is 420 g/mol. The lowest BCUT2D eigenvalue weighted by atomic mass is 10.0. The van der Waals surface area contributed by atoms with Crippen molar-refractivity contribution in [2.75, 3.05) is 7.05 Å². The van der Waals surface area contributed by atoms with Crippen molar-refractivity contribution in [1.29, 1.82) is 0 Å². The van der Waals surface area contributed by atoms with Gasteiger partial charge in [-0.3, -0.25) is 14.7 Å². The van der Waals surface area contributed by atoms with Gasteiger partial charge in [0.1, 0.15) is 11.7 Å². The van der Waals surface area contributed by atoms with Crippen LogP contribution in [0.4, 0.5) is 0 Å². The summed E-state index contributed by atoms with van der Waals surface area (Å²) >= 11 is 3.42. The van der Waals surface area contributed by atoms with Crippen LogP contribution in [0.2, 0.25) is 0 Å². The molecule has 28 heavy (non-hydrogen) atoms. The molecule has 0 aliphatic heterocycles. The molecule has 0 spiro atoms. The SMILES string of the molecule is CNC(=O)[C@H](Cc1cccc(Br)c1)NC(=O)c1cc(-c2ccccc2C)n[nH]1. The van der Waals surface area contributed by atoms with Crippen molar-refractivity contribution in [3.63, 3.8) is 0 Å². The van der Waals surface area contributed by atoms with Crippen LogP contribution in [0.25, 0.3) is 11.3 Å². The number of aromatic nitrogens is 2. The lowest BCUT2D eigenvalue weighted by Crippen LogP contribution is -2.47. The molecule has 144 valence electrons. The molecule has 0 aliphatic rings. The topological polar surface area (TPSA) is 86.9 Å². The zero-order valence-electron chi connectivity index (χ0n) is 15.6. The predicted octanol–water partition coefficient (Wildman–Crippen LogP) is 3.23. The summed E-state index contributed by atoms with van der Waals surface area (Å²) in [6.07, 6.45) is 0.379. The van der Waals surface area contributed by atoms with Crippen LogP contribution in [0.15, 0.2) is 59.1 Å². The molecule has 2 amide bonds. The molecule has 0 aliphatic carbocycles. The molecule has 3 N–H and O–H groups in total. The van der Waals surface area contributed by atoms with Crippen molar-refractivity contribution < 1.29 is 9.59 Å². The summed E-state index contributed by atoms with van der Waals surface area (Å²) in [6, 6.07) is 16.5. The van der Waals surface area contributed by atoms with Crippen LogP contribution in [0.3, 0.4) is 0 Å². The van der Waals surface area contributed by atoms with Gasteiger partial charge in [0.15, 0.2) is 0 Å². The van der Waals surface area contributed by atoms with E-state index in [9.17, 15) is 9.59 Å². The van der Waals surface area contributed by atoms with Crippen LogP contribution >= 0.6 is 15.9 Å². The Morgan fingerprint density at radius 1 is 1.14 bits per heavy atom. The third-order valence-electron chi connectivity index (χ3n) is 4.44. The zero-order chi connectivity index (χ0) is 20.1. The Bertz CT molecular complexity index is 999. The van der Waals surface area contributed by atoms with E-state index in [1.165, 1.54) is 0 Å². The number of likely N-dealkylation sites (N-methyl/N-ethyl adjacent to an activating group) is 1. The smallest absolute Gasteiger partial charge is 0.269 e. The number of hydrogen-bond donors (Lipinski definition) is 3. The number of aromatic amines is 1. The second kappa shape index (κ2) is 8.84. The minimum absolute atomic E-state index is 0.257. The largest absolute Gasteiger partial charge is 0.357 e. The first-order chi connectivity index (χ1) is 13.5. The van der Waals surface area contributed by atoms with E-state index >= 15 is 0 Å². The van der Waals surface area contributed by atoms with Crippen LogP contribution in [0, 0.1) is 6.92 Å². The molecule has 2 aromatic carbocycles. The highest BCUT2D eigenvalue weighted by Crippen LogP contribution is 2.21. The third-order valence-corrected chi connectivity index (χ3v) is 4.93.